The number of anilines is 3. The Morgan fingerprint density at radius 3 is 2.26 bits per heavy atom. The monoisotopic (exact) mass is 512 g/mol. The van der Waals surface area contributed by atoms with Crippen LogP contribution >= 0.6 is 0 Å². The molecule has 1 saturated heterocycles. The maximum atomic E-state index is 13.3. The van der Waals surface area contributed by atoms with E-state index >= 15 is 0 Å². The second-order valence-corrected chi connectivity index (χ2v) is 9.39. The van der Waals surface area contributed by atoms with Crippen molar-refractivity contribution in [3.63, 3.8) is 0 Å². The molecule has 38 heavy (non-hydrogen) atoms. The standard InChI is InChI=1S/C31H36N4O3/c1-4-23(2)32-31(37)26-22-25(33-30(36)17-14-24-10-6-5-7-11-24)15-16-27(26)34-18-20-35(21-19-34)28-12-8-9-13-29(28)38-3/h5-17,22-23H,4,18-21H2,1-3H3,(H,32,37)(H,33,36). The van der Waals surface area contributed by atoms with Gasteiger partial charge in [-0.2, -0.15) is 0 Å². The van der Waals surface area contributed by atoms with Crippen LogP contribution in [0.15, 0.2) is 78.9 Å². The van der Waals surface area contributed by atoms with E-state index in [2.05, 4.69) is 26.5 Å². The van der Waals surface area contributed by atoms with Crippen molar-refractivity contribution in [3.05, 3.63) is 90.0 Å². The molecule has 3 aromatic carbocycles. The van der Waals surface area contributed by atoms with E-state index in [1.165, 1.54) is 6.08 Å². The van der Waals surface area contributed by atoms with Crippen LogP contribution in [0.25, 0.3) is 6.08 Å². The Hall–Kier alpha value is -4.26. The van der Waals surface area contributed by atoms with Gasteiger partial charge in [0.25, 0.3) is 5.91 Å². The molecule has 3 aromatic rings. The van der Waals surface area contributed by atoms with E-state index in [1.54, 1.807) is 19.3 Å². The van der Waals surface area contributed by atoms with E-state index in [0.717, 1.165) is 55.3 Å². The Labute approximate surface area is 225 Å². The lowest BCUT2D eigenvalue weighted by Crippen LogP contribution is -2.47. The fourth-order valence-electron chi connectivity index (χ4n) is 4.47. The van der Waals surface area contributed by atoms with E-state index in [4.69, 9.17) is 4.74 Å². The van der Waals surface area contributed by atoms with Crippen LogP contribution in [0.3, 0.4) is 0 Å². The number of benzene rings is 3. The molecule has 2 amide bonds. The molecule has 2 N–H and O–H groups in total. The molecule has 0 spiro atoms. The van der Waals surface area contributed by atoms with E-state index in [0.29, 0.717) is 11.3 Å². The number of hydrogen-bond acceptors (Lipinski definition) is 5. The van der Waals surface area contributed by atoms with E-state index in [1.807, 2.05) is 74.5 Å². The quantitative estimate of drug-likeness (QED) is 0.386. The summed E-state index contributed by atoms with van der Waals surface area (Å²) in [7, 11) is 1.69. The van der Waals surface area contributed by atoms with Gasteiger partial charge in [0.15, 0.2) is 0 Å². The number of para-hydroxylation sites is 2. The maximum Gasteiger partial charge on any atom is 0.253 e. The highest BCUT2D eigenvalue weighted by Crippen LogP contribution is 2.31. The van der Waals surface area contributed by atoms with Gasteiger partial charge in [-0.3, -0.25) is 9.59 Å². The summed E-state index contributed by atoms with van der Waals surface area (Å²) in [6.45, 7) is 7.15. The summed E-state index contributed by atoms with van der Waals surface area (Å²) in [5.74, 6) is 0.466. The summed E-state index contributed by atoms with van der Waals surface area (Å²) in [5, 5.41) is 5.98. The van der Waals surface area contributed by atoms with Gasteiger partial charge in [-0.15, -0.1) is 0 Å². The fourth-order valence-corrected chi connectivity index (χ4v) is 4.47. The smallest absolute Gasteiger partial charge is 0.253 e. The highest BCUT2D eigenvalue weighted by molar-refractivity contribution is 6.05. The van der Waals surface area contributed by atoms with Crippen LogP contribution in [-0.4, -0.2) is 51.1 Å². The molecular weight excluding hydrogens is 476 g/mol. The zero-order chi connectivity index (χ0) is 26.9. The van der Waals surface area contributed by atoms with Gasteiger partial charge in [0.05, 0.1) is 18.4 Å². The minimum Gasteiger partial charge on any atom is -0.495 e. The molecule has 1 heterocycles. The van der Waals surface area contributed by atoms with Crippen molar-refractivity contribution in [2.75, 3.05) is 48.4 Å². The number of ether oxygens (including phenoxy) is 1. The molecule has 1 aliphatic heterocycles. The second-order valence-electron chi connectivity index (χ2n) is 9.39. The molecule has 0 radical (unpaired) electrons. The number of methoxy groups -OCH3 is 1. The van der Waals surface area contributed by atoms with Gasteiger partial charge in [-0.1, -0.05) is 49.4 Å². The molecule has 1 aliphatic rings. The maximum absolute atomic E-state index is 13.3. The predicted molar refractivity (Wildman–Crippen MR) is 155 cm³/mol. The number of carbonyl (C=O) groups is 2. The van der Waals surface area contributed by atoms with Gasteiger partial charge in [0.2, 0.25) is 5.91 Å². The number of rotatable bonds is 9. The summed E-state index contributed by atoms with van der Waals surface area (Å²) in [5.41, 5.74) is 4.02. The van der Waals surface area contributed by atoms with E-state index in [-0.39, 0.29) is 17.9 Å². The first-order valence-electron chi connectivity index (χ1n) is 13.1. The van der Waals surface area contributed by atoms with Crippen LogP contribution in [0.2, 0.25) is 0 Å². The molecule has 7 heteroatoms. The average Bonchev–Trinajstić information content (AvgIpc) is 2.96. The highest BCUT2D eigenvalue weighted by Gasteiger charge is 2.24. The van der Waals surface area contributed by atoms with Crippen molar-refractivity contribution in [1.82, 2.24) is 5.32 Å². The summed E-state index contributed by atoms with van der Waals surface area (Å²) in [6, 6.07) is 23.3. The van der Waals surface area contributed by atoms with Crippen molar-refractivity contribution < 1.29 is 14.3 Å². The number of nitrogens with zero attached hydrogens (tertiary/aromatic N) is 2. The molecule has 4 rings (SSSR count). The molecule has 1 fully saturated rings. The lowest BCUT2D eigenvalue weighted by Gasteiger charge is -2.38. The molecule has 0 saturated carbocycles. The number of hydrogen-bond donors (Lipinski definition) is 2. The number of carbonyl (C=O) groups excluding carboxylic acids is 2. The Morgan fingerprint density at radius 1 is 0.921 bits per heavy atom. The summed E-state index contributed by atoms with van der Waals surface area (Å²) < 4.78 is 5.55. The molecule has 0 bridgehead atoms. The van der Waals surface area contributed by atoms with E-state index < -0.39 is 0 Å². The third-order valence-corrected chi connectivity index (χ3v) is 6.77. The Balaban J connectivity index is 1.51. The molecule has 0 aliphatic carbocycles. The van der Waals surface area contributed by atoms with Gasteiger partial charge in [0.1, 0.15) is 5.75 Å². The molecule has 198 valence electrons. The van der Waals surface area contributed by atoms with Gasteiger partial charge in [0, 0.05) is 49.7 Å². The zero-order valence-electron chi connectivity index (χ0n) is 22.3. The third-order valence-electron chi connectivity index (χ3n) is 6.77. The number of piperazine rings is 1. The SMILES string of the molecule is CCC(C)NC(=O)c1cc(NC(=O)C=Cc2ccccc2)ccc1N1CCN(c2ccccc2OC)CC1. The average molecular weight is 513 g/mol. The lowest BCUT2D eigenvalue weighted by molar-refractivity contribution is -0.111. The van der Waals surface area contributed by atoms with Crippen LogP contribution in [0, 0.1) is 0 Å². The van der Waals surface area contributed by atoms with Gasteiger partial charge >= 0.3 is 0 Å². The normalized spacial score (nSPS) is 14.3. The molecule has 0 aromatic heterocycles. The highest BCUT2D eigenvalue weighted by atomic mass is 16.5. The first kappa shape index (κ1) is 26.8. The third kappa shape index (κ3) is 6.73. The molecule has 1 unspecified atom stereocenters. The Kier molecular flexibility index (Phi) is 9.03. The number of nitrogens with one attached hydrogen (secondary N) is 2. The minimum atomic E-state index is -0.250. The molecule has 7 nitrogen and oxygen atoms in total. The Morgan fingerprint density at radius 2 is 1.58 bits per heavy atom. The van der Waals surface area contributed by atoms with Crippen molar-refractivity contribution in [1.29, 1.82) is 0 Å². The van der Waals surface area contributed by atoms with Crippen molar-refractivity contribution in [2.24, 2.45) is 0 Å². The van der Waals surface area contributed by atoms with Crippen LogP contribution < -0.4 is 25.2 Å². The molecular formula is C31H36N4O3. The fraction of sp³-hybridized carbons (Fsp3) is 0.290. The summed E-state index contributed by atoms with van der Waals surface area (Å²) in [6.07, 6.45) is 4.10. The summed E-state index contributed by atoms with van der Waals surface area (Å²) >= 11 is 0. The second kappa shape index (κ2) is 12.8. The van der Waals surface area contributed by atoms with Crippen molar-refractivity contribution in [2.45, 2.75) is 26.3 Å². The van der Waals surface area contributed by atoms with Crippen LogP contribution in [-0.2, 0) is 4.79 Å². The van der Waals surface area contributed by atoms with Crippen molar-refractivity contribution in [3.8, 4) is 5.75 Å². The molecule has 1 atom stereocenters. The minimum absolute atomic E-state index is 0.0461. The zero-order valence-corrected chi connectivity index (χ0v) is 22.3. The van der Waals surface area contributed by atoms with Gasteiger partial charge < -0.3 is 25.2 Å². The van der Waals surface area contributed by atoms with Crippen LogP contribution in [0.4, 0.5) is 17.1 Å². The lowest BCUT2D eigenvalue weighted by atomic mass is 10.1. The van der Waals surface area contributed by atoms with Crippen molar-refractivity contribution >= 4 is 35.0 Å². The van der Waals surface area contributed by atoms with E-state index in [9.17, 15) is 9.59 Å². The predicted octanol–water partition coefficient (Wildman–Crippen LogP) is 5.20. The first-order chi connectivity index (χ1) is 18.5. The largest absolute Gasteiger partial charge is 0.495 e. The van der Waals surface area contributed by atoms with Gasteiger partial charge in [-0.25, -0.2) is 0 Å². The van der Waals surface area contributed by atoms with Crippen LogP contribution in [0.5, 0.6) is 5.75 Å². The topological polar surface area (TPSA) is 73.9 Å². The first-order valence-corrected chi connectivity index (χ1v) is 13.1. The Bertz CT molecular complexity index is 1270. The van der Waals surface area contributed by atoms with Gasteiger partial charge in [-0.05, 0) is 55.3 Å². The summed E-state index contributed by atoms with van der Waals surface area (Å²) in [4.78, 5) is 30.4. The van der Waals surface area contributed by atoms with Crippen LogP contribution in [0.1, 0.15) is 36.2 Å². The number of amides is 2.